The van der Waals surface area contributed by atoms with Gasteiger partial charge in [0, 0.05) is 18.2 Å². The van der Waals surface area contributed by atoms with Gasteiger partial charge in [0.05, 0.1) is 6.26 Å². The predicted molar refractivity (Wildman–Crippen MR) is 84.4 cm³/mol. The maximum absolute atomic E-state index is 12.2. The van der Waals surface area contributed by atoms with Crippen LogP contribution in [0.15, 0.2) is 64.0 Å². The summed E-state index contributed by atoms with van der Waals surface area (Å²) in [5.41, 5.74) is 0.209. The molecule has 0 bridgehead atoms. The summed E-state index contributed by atoms with van der Waals surface area (Å²) in [7, 11) is 0. The lowest BCUT2D eigenvalue weighted by Gasteiger charge is -2.10. The largest absolute Gasteiger partial charge is 0.492 e. The van der Waals surface area contributed by atoms with Gasteiger partial charge in [0.1, 0.15) is 6.61 Å². The first-order valence-corrected chi connectivity index (χ1v) is 7.17. The van der Waals surface area contributed by atoms with Crippen LogP contribution in [-0.2, 0) is 6.61 Å². The van der Waals surface area contributed by atoms with Crippen LogP contribution < -0.4 is 15.0 Å². The fourth-order valence-corrected chi connectivity index (χ4v) is 2.03. The Morgan fingerprint density at radius 1 is 1.04 bits per heavy atom. The molecule has 0 amide bonds. The fraction of sp³-hybridized carbons (Fsp3) is 0.0588. The van der Waals surface area contributed by atoms with Crippen molar-refractivity contribution in [1.82, 2.24) is 4.73 Å². The van der Waals surface area contributed by atoms with Crippen LogP contribution in [0.25, 0.3) is 0 Å². The minimum atomic E-state index is -1.12. The van der Waals surface area contributed by atoms with Gasteiger partial charge in [-0.1, -0.05) is 30.3 Å². The zero-order valence-corrected chi connectivity index (χ0v) is 12.8. The SMILES string of the molecule is O=C(On1c(O)ccc1O)c1occc(=O)c1OCc1ccccc1. The first kappa shape index (κ1) is 16.2. The standard InChI is InChI=1S/C17H13NO7/c19-12-8-9-23-16(15(12)24-10-11-4-2-1-3-5-11)17(22)25-18-13(20)6-7-14(18)21/h1-9,20-21H,10H2. The van der Waals surface area contributed by atoms with Crippen molar-refractivity contribution in [2.45, 2.75) is 6.61 Å². The minimum absolute atomic E-state index is 0.0376. The fourth-order valence-electron chi connectivity index (χ4n) is 2.03. The molecule has 3 rings (SSSR count). The molecule has 0 fully saturated rings. The van der Waals surface area contributed by atoms with Crippen LogP contribution in [0.5, 0.6) is 17.5 Å². The molecule has 2 N–H and O–H groups in total. The maximum atomic E-state index is 12.2. The van der Waals surface area contributed by atoms with E-state index in [0.717, 1.165) is 30.0 Å². The van der Waals surface area contributed by atoms with Crippen LogP contribution in [0.2, 0.25) is 0 Å². The van der Waals surface area contributed by atoms with Gasteiger partial charge in [-0.3, -0.25) is 4.79 Å². The Morgan fingerprint density at radius 3 is 2.40 bits per heavy atom. The first-order valence-electron chi connectivity index (χ1n) is 7.17. The van der Waals surface area contributed by atoms with E-state index in [9.17, 15) is 19.8 Å². The van der Waals surface area contributed by atoms with Crippen molar-refractivity contribution < 1.29 is 29.0 Å². The number of nitrogens with zero attached hydrogens (tertiary/aromatic N) is 1. The highest BCUT2D eigenvalue weighted by Crippen LogP contribution is 2.21. The Balaban J connectivity index is 1.85. The van der Waals surface area contributed by atoms with Crippen LogP contribution in [0.1, 0.15) is 16.1 Å². The summed E-state index contributed by atoms with van der Waals surface area (Å²) in [6.07, 6.45) is 1.02. The van der Waals surface area contributed by atoms with Gasteiger partial charge >= 0.3 is 5.97 Å². The van der Waals surface area contributed by atoms with Crippen molar-refractivity contribution >= 4 is 5.97 Å². The number of benzene rings is 1. The number of hydrogen-bond donors (Lipinski definition) is 2. The normalized spacial score (nSPS) is 10.4. The Hall–Kier alpha value is -3.68. The van der Waals surface area contributed by atoms with Crippen molar-refractivity contribution in [2.75, 3.05) is 0 Å². The van der Waals surface area contributed by atoms with Gasteiger partial charge in [0.15, 0.2) is 0 Å². The second kappa shape index (κ2) is 6.83. The molecule has 25 heavy (non-hydrogen) atoms. The Morgan fingerprint density at radius 2 is 1.72 bits per heavy atom. The Kier molecular flexibility index (Phi) is 4.42. The highest BCUT2D eigenvalue weighted by Gasteiger charge is 2.23. The molecule has 0 spiro atoms. The van der Waals surface area contributed by atoms with Crippen molar-refractivity contribution in [2.24, 2.45) is 0 Å². The van der Waals surface area contributed by atoms with Crippen LogP contribution in [0, 0.1) is 0 Å². The quantitative estimate of drug-likeness (QED) is 0.725. The second-order valence-corrected chi connectivity index (χ2v) is 4.94. The third-order valence-electron chi connectivity index (χ3n) is 3.22. The molecule has 0 saturated heterocycles. The lowest BCUT2D eigenvalue weighted by atomic mass is 10.2. The average molecular weight is 343 g/mol. The summed E-state index contributed by atoms with van der Waals surface area (Å²) in [6, 6.07) is 12.4. The molecule has 3 aromatic rings. The average Bonchev–Trinajstić information content (AvgIpc) is 2.93. The van der Waals surface area contributed by atoms with Crippen LogP contribution >= 0.6 is 0 Å². The van der Waals surface area contributed by atoms with Crippen molar-refractivity contribution in [3.05, 3.63) is 76.3 Å². The highest BCUT2D eigenvalue weighted by atomic mass is 16.7. The number of hydrogen-bond acceptors (Lipinski definition) is 7. The summed E-state index contributed by atoms with van der Waals surface area (Å²) in [5, 5.41) is 19.0. The van der Waals surface area contributed by atoms with Crippen molar-refractivity contribution in [3.8, 4) is 17.5 Å². The summed E-state index contributed by atoms with van der Waals surface area (Å²) < 4.78 is 10.9. The van der Waals surface area contributed by atoms with E-state index in [1.54, 1.807) is 24.3 Å². The number of ether oxygens (including phenoxy) is 1. The first-order chi connectivity index (χ1) is 12.1. The number of carbonyl (C=O) groups is 1. The van der Waals surface area contributed by atoms with E-state index < -0.39 is 28.9 Å². The molecule has 0 saturated carbocycles. The van der Waals surface area contributed by atoms with E-state index in [1.165, 1.54) is 0 Å². The van der Waals surface area contributed by atoms with Crippen LogP contribution in [0.3, 0.4) is 0 Å². The van der Waals surface area contributed by atoms with E-state index in [0.29, 0.717) is 4.73 Å². The van der Waals surface area contributed by atoms with Gasteiger partial charge in [0.2, 0.25) is 22.9 Å². The molecule has 0 atom stereocenters. The summed E-state index contributed by atoms with van der Waals surface area (Å²) >= 11 is 0. The molecule has 2 aromatic heterocycles. The van der Waals surface area contributed by atoms with E-state index >= 15 is 0 Å². The van der Waals surface area contributed by atoms with E-state index in [1.807, 2.05) is 6.07 Å². The third kappa shape index (κ3) is 3.47. The summed E-state index contributed by atoms with van der Waals surface area (Å²) in [6.45, 7) is 0.0376. The highest BCUT2D eigenvalue weighted by molar-refractivity contribution is 5.89. The number of rotatable bonds is 5. The second-order valence-electron chi connectivity index (χ2n) is 4.94. The molecule has 0 radical (unpaired) electrons. The van der Waals surface area contributed by atoms with Gasteiger partial charge in [-0.05, 0) is 5.56 Å². The molecular formula is C17H13NO7. The van der Waals surface area contributed by atoms with E-state index in [2.05, 4.69) is 0 Å². The molecule has 0 aliphatic carbocycles. The Labute approximate surface area is 141 Å². The van der Waals surface area contributed by atoms with Crippen LogP contribution in [0.4, 0.5) is 0 Å². The van der Waals surface area contributed by atoms with Gasteiger partial charge in [-0.15, -0.1) is 4.73 Å². The monoisotopic (exact) mass is 343 g/mol. The predicted octanol–water partition coefficient (Wildman–Crippen LogP) is 1.70. The molecule has 0 aliphatic rings. The smallest absolute Gasteiger partial charge is 0.403 e. The molecule has 1 aromatic carbocycles. The summed E-state index contributed by atoms with van der Waals surface area (Å²) in [5.74, 6) is -2.95. The molecule has 128 valence electrons. The van der Waals surface area contributed by atoms with Crippen LogP contribution in [-0.4, -0.2) is 20.9 Å². The zero-order chi connectivity index (χ0) is 17.8. The van der Waals surface area contributed by atoms with Gasteiger partial charge in [-0.2, -0.15) is 0 Å². The number of carbonyl (C=O) groups excluding carboxylic acids is 1. The number of aromatic nitrogens is 1. The summed E-state index contributed by atoms with van der Waals surface area (Å²) in [4.78, 5) is 29.0. The molecule has 0 aliphatic heterocycles. The minimum Gasteiger partial charge on any atom is -0.492 e. The number of aromatic hydroxyl groups is 2. The van der Waals surface area contributed by atoms with Gasteiger partial charge in [0.25, 0.3) is 5.76 Å². The van der Waals surface area contributed by atoms with Crippen molar-refractivity contribution in [3.63, 3.8) is 0 Å². The van der Waals surface area contributed by atoms with E-state index in [4.69, 9.17) is 14.0 Å². The lowest BCUT2D eigenvalue weighted by molar-refractivity contribution is 0.0336. The van der Waals surface area contributed by atoms with Crippen molar-refractivity contribution in [1.29, 1.82) is 0 Å². The Bertz CT molecular complexity index is 924. The lowest BCUT2D eigenvalue weighted by Crippen LogP contribution is -2.22. The zero-order valence-electron chi connectivity index (χ0n) is 12.8. The molecule has 0 unspecified atom stereocenters. The van der Waals surface area contributed by atoms with Gasteiger partial charge < -0.3 is 24.2 Å². The van der Waals surface area contributed by atoms with Gasteiger partial charge in [-0.25, -0.2) is 4.79 Å². The maximum Gasteiger partial charge on any atom is 0.403 e. The molecular weight excluding hydrogens is 330 g/mol. The van der Waals surface area contributed by atoms with E-state index in [-0.39, 0.29) is 12.4 Å². The topological polar surface area (TPSA) is 111 Å². The third-order valence-corrected chi connectivity index (χ3v) is 3.22. The molecule has 8 heteroatoms. The molecule has 2 heterocycles. The molecule has 8 nitrogen and oxygen atoms in total.